The summed E-state index contributed by atoms with van der Waals surface area (Å²) in [6.07, 6.45) is 1.55. The third kappa shape index (κ3) is 4.45. The van der Waals surface area contributed by atoms with Gasteiger partial charge in [-0.25, -0.2) is 0 Å². The Kier molecular flexibility index (Phi) is 10.6. The average molecular weight is 397 g/mol. The summed E-state index contributed by atoms with van der Waals surface area (Å²) in [6.45, 7) is 9.38. The molecule has 2 aromatic heterocycles. The molecular formula is C13H17NO2Y2. The zero-order valence-electron chi connectivity index (χ0n) is 11.0. The van der Waals surface area contributed by atoms with E-state index in [2.05, 4.69) is 6.58 Å². The van der Waals surface area contributed by atoms with Gasteiger partial charge < -0.3 is 14.6 Å². The van der Waals surface area contributed by atoms with Crippen molar-refractivity contribution in [3.05, 3.63) is 42.2 Å². The molecule has 0 bridgehead atoms. The van der Waals surface area contributed by atoms with E-state index in [-0.39, 0.29) is 76.9 Å². The van der Waals surface area contributed by atoms with E-state index in [4.69, 9.17) is 0 Å². The van der Waals surface area contributed by atoms with Gasteiger partial charge in [-0.1, -0.05) is 20.4 Å². The third-order valence-corrected chi connectivity index (χ3v) is 2.22. The molecule has 3 nitrogen and oxygen atoms in total. The van der Waals surface area contributed by atoms with Crippen molar-refractivity contribution < 1.29 is 75.6 Å². The number of aromatic hydroxyl groups is 1. The summed E-state index contributed by atoms with van der Waals surface area (Å²) in [4.78, 5) is 0. The van der Waals surface area contributed by atoms with Gasteiger partial charge in [0.05, 0.1) is 11.9 Å². The molecule has 0 spiro atoms. The van der Waals surface area contributed by atoms with E-state index in [0.717, 1.165) is 11.1 Å². The summed E-state index contributed by atoms with van der Waals surface area (Å²) in [5.74, 6) is 0.170. The molecule has 0 atom stereocenters. The van der Waals surface area contributed by atoms with Crippen LogP contribution in [0.4, 0.5) is 0 Å². The SMILES string of the molecule is C=C(O)c1c(C)cc2ccc(O)cn12.CC.[Y].[Y]. The zero-order valence-corrected chi connectivity index (χ0v) is 16.7. The van der Waals surface area contributed by atoms with Gasteiger partial charge in [-0.2, -0.15) is 0 Å². The Morgan fingerprint density at radius 2 is 1.78 bits per heavy atom. The molecule has 0 fully saturated rings. The number of pyridine rings is 1. The van der Waals surface area contributed by atoms with E-state index in [9.17, 15) is 10.2 Å². The maximum atomic E-state index is 9.39. The zero-order chi connectivity index (χ0) is 12.3. The van der Waals surface area contributed by atoms with Crippen LogP contribution in [0.25, 0.3) is 11.3 Å². The van der Waals surface area contributed by atoms with Gasteiger partial charge in [-0.05, 0) is 30.7 Å². The summed E-state index contributed by atoms with van der Waals surface area (Å²) in [5, 5.41) is 18.7. The number of rotatable bonds is 1. The molecule has 0 aliphatic carbocycles. The van der Waals surface area contributed by atoms with Crippen LogP contribution in [0.2, 0.25) is 0 Å². The molecule has 92 valence electrons. The minimum Gasteiger partial charge on any atom is -0.506 e. The second kappa shape index (κ2) is 9.25. The molecule has 0 aromatic carbocycles. The van der Waals surface area contributed by atoms with Crippen molar-refractivity contribution in [3.8, 4) is 5.75 Å². The fraction of sp³-hybridized carbons (Fsp3) is 0.231. The van der Waals surface area contributed by atoms with E-state index in [1.54, 1.807) is 22.7 Å². The number of aryl methyl sites for hydroxylation is 1. The number of aromatic nitrogens is 1. The van der Waals surface area contributed by atoms with E-state index in [0.29, 0.717) is 5.69 Å². The number of fused-ring (bicyclic) bond motifs is 1. The summed E-state index contributed by atoms with van der Waals surface area (Å²) < 4.78 is 1.72. The normalized spacial score (nSPS) is 8.61. The van der Waals surface area contributed by atoms with Crippen molar-refractivity contribution in [3.63, 3.8) is 0 Å². The number of hydrogen-bond acceptors (Lipinski definition) is 2. The van der Waals surface area contributed by atoms with Crippen LogP contribution < -0.4 is 0 Å². The summed E-state index contributed by atoms with van der Waals surface area (Å²) >= 11 is 0. The second-order valence-corrected chi connectivity index (χ2v) is 3.30. The first kappa shape index (κ1) is 20.6. The molecule has 2 rings (SSSR count). The van der Waals surface area contributed by atoms with E-state index >= 15 is 0 Å². The van der Waals surface area contributed by atoms with Gasteiger partial charge in [0.2, 0.25) is 0 Å². The van der Waals surface area contributed by atoms with Gasteiger partial charge in [0, 0.05) is 70.9 Å². The monoisotopic (exact) mass is 397 g/mol. The average Bonchev–Trinajstić information content (AvgIpc) is 2.56. The molecule has 0 aliphatic heterocycles. The van der Waals surface area contributed by atoms with Crippen LogP contribution in [-0.2, 0) is 65.4 Å². The standard InChI is InChI=1S/C11H11NO2.C2H6.2Y/c1-7-5-9-3-4-10(14)6-12(9)11(7)8(2)13;1-2;;/h3-6,13-14H,2H2,1H3;1-2H3;;. The van der Waals surface area contributed by atoms with Crippen LogP contribution in [0.3, 0.4) is 0 Å². The van der Waals surface area contributed by atoms with Gasteiger partial charge in [0.1, 0.15) is 11.5 Å². The van der Waals surface area contributed by atoms with Crippen LogP contribution in [0.1, 0.15) is 25.1 Å². The van der Waals surface area contributed by atoms with Crippen molar-refractivity contribution in [2.45, 2.75) is 20.8 Å². The van der Waals surface area contributed by atoms with Crippen molar-refractivity contribution >= 4 is 11.3 Å². The Hall–Kier alpha value is 0.308. The summed E-state index contributed by atoms with van der Waals surface area (Å²) in [5.41, 5.74) is 2.49. The molecule has 0 amide bonds. The van der Waals surface area contributed by atoms with E-state index in [1.165, 1.54) is 0 Å². The minimum atomic E-state index is 0. The Balaban J connectivity index is 0. The molecule has 2 N–H and O–H groups in total. The predicted molar refractivity (Wildman–Crippen MR) is 66.8 cm³/mol. The van der Waals surface area contributed by atoms with Crippen LogP contribution in [0.15, 0.2) is 31.0 Å². The van der Waals surface area contributed by atoms with Crippen LogP contribution in [0, 0.1) is 6.92 Å². The number of nitrogens with zero attached hydrogens (tertiary/aromatic N) is 1. The van der Waals surface area contributed by atoms with Gasteiger partial charge >= 0.3 is 0 Å². The van der Waals surface area contributed by atoms with Gasteiger partial charge in [-0.15, -0.1) is 0 Å². The Labute approximate surface area is 158 Å². The Bertz CT molecular complexity index is 521. The van der Waals surface area contributed by atoms with Crippen molar-refractivity contribution in [1.29, 1.82) is 0 Å². The number of aliphatic hydroxyl groups excluding tert-OH is 1. The molecule has 18 heavy (non-hydrogen) atoms. The molecule has 2 radical (unpaired) electrons. The largest absolute Gasteiger partial charge is 0.506 e. The molecule has 0 saturated carbocycles. The molecular weight excluding hydrogens is 380 g/mol. The number of hydrogen-bond donors (Lipinski definition) is 2. The first-order valence-electron chi connectivity index (χ1n) is 5.28. The van der Waals surface area contributed by atoms with Gasteiger partial charge in [-0.3, -0.25) is 0 Å². The first-order chi connectivity index (χ1) is 7.59. The summed E-state index contributed by atoms with van der Waals surface area (Å²) in [6, 6.07) is 5.32. The van der Waals surface area contributed by atoms with Gasteiger partial charge in [0.15, 0.2) is 0 Å². The number of aliphatic hydroxyl groups is 1. The summed E-state index contributed by atoms with van der Waals surface area (Å²) in [7, 11) is 0. The molecule has 2 aromatic rings. The predicted octanol–water partition coefficient (Wildman–Crippen LogP) is 3.50. The maximum absolute atomic E-state index is 9.39. The fourth-order valence-electron chi connectivity index (χ4n) is 1.66. The molecule has 0 aliphatic rings. The second-order valence-electron chi connectivity index (χ2n) is 3.30. The molecule has 0 unspecified atom stereocenters. The van der Waals surface area contributed by atoms with Crippen molar-refractivity contribution in [2.24, 2.45) is 0 Å². The van der Waals surface area contributed by atoms with E-state index in [1.807, 2.05) is 26.8 Å². The van der Waals surface area contributed by atoms with Gasteiger partial charge in [0.25, 0.3) is 0 Å². The van der Waals surface area contributed by atoms with Crippen LogP contribution in [0.5, 0.6) is 5.75 Å². The quantitative estimate of drug-likeness (QED) is 0.724. The van der Waals surface area contributed by atoms with Crippen LogP contribution >= 0.6 is 0 Å². The smallest absolute Gasteiger partial charge is 0.132 e. The molecule has 2 heterocycles. The van der Waals surface area contributed by atoms with Crippen LogP contribution in [-0.4, -0.2) is 14.6 Å². The van der Waals surface area contributed by atoms with Crippen molar-refractivity contribution in [2.75, 3.05) is 0 Å². The molecule has 5 heteroatoms. The minimum absolute atomic E-state index is 0. The Morgan fingerprint density at radius 1 is 1.22 bits per heavy atom. The topological polar surface area (TPSA) is 44.9 Å². The molecule has 0 saturated heterocycles. The first-order valence-corrected chi connectivity index (χ1v) is 5.28. The third-order valence-electron chi connectivity index (χ3n) is 2.22. The van der Waals surface area contributed by atoms with Crippen molar-refractivity contribution in [1.82, 2.24) is 4.40 Å². The Morgan fingerprint density at radius 3 is 2.28 bits per heavy atom. The fourth-order valence-corrected chi connectivity index (χ4v) is 1.66. The van der Waals surface area contributed by atoms with E-state index < -0.39 is 0 Å². The maximum Gasteiger partial charge on any atom is 0.132 e.